The van der Waals surface area contributed by atoms with Crippen LogP contribution >= 0.6 is 0 Å². The lowest BCUT2D eigenvalue weighted by atomic mass is 10.1. The van der Waals surface area contributed by atoms with Gasteiger partial charge in [0.15, 0.2) is 5.96 Å². The molecular weight excluding hydrogens is 214 g/mol. The molecule has 4 heteroatoms. The molecule has 3 N–H and O–H groups in total. The van der Waals surface area contributed by atoms with E-state index in [4.69, 9.17) is 10.5 Å². The second kappa shape index (κ2) is 8.58. The third-order valence-corrected chi connectivity index (χ3v) is 2.35. The molecule has 1 aromatic rings. The van der Waals surface area contributed by atoms with E-state index in [2.05, 4.69) is 22.4 Å². The Kier molecular flexibility index (Phi) is 6.82. The number of rotatable bonds is 7. The fourth-order valence-electron chi connectivity index (χ4n) is 1.44. The summed E-state index contributed by atoms with van der Waals surface area (Å²) in [6, 6.07) is 10.3. The summed E-state index contributed by atoms with van der Waals surface area (Å²) in [5.74, 6) is 0.511. The molecule has 0 aromatic heterocycles. The van der Waals surface area contributed by atoms with Crippen LogP contribution in [0.3, 0.4) is 0 Å². The average molecular weight is 235 g/mol. The van der Waals surface area contributed by atoms with Crippen molar-refractivity contribution in [2.45, 2.75) is 12.8 Å². The molecule has 0 saturated carbocycles. The molecule has 94 valence electrons. The zero-order chi connectivity index (χ0) is 12.3. The molecule has 0 radical (unpaired) electrons. The molecule has 17 heavy (non-hydrogen) atoms. The lowest BCUT2D eigenvalue weighted by Crippen LogP contribution is -2.33. The fourth-order valence-corrected chi connectivity index (χ4v) is 1.44. The van der Waals surface area contributed by atoms with E-state index in [-0.39, 0.29) is 0 Å². The number of nitrogens with two attached hydrogens (primary N) is 1. The van der Waals surface area contributed by atoms with Crippen LogP contribution in [0, 0.1) is 0 Å². The maximum absolute atomic E-state index is 5.72. The predicted octanol–water partition coefficient (Wildman–Crippen LogP) is 1.17. The first kappa shape index (κ1) is 13.5. The molecule has 0 aliphatic rings. The van der Waals surface area contributed by atoms with Crippen LogP contribution < -0.4 is 11.1 Å². The van der Waals surface area contributed by atoms with Gasteiger partial charge in [0, 0.05) is 26.8 Å². The molecule has 1 rings (SSSR count). The third-order valence-electron chi connectivity index (χ3n) is 2.35. The Bertz CT molecular complexity index is 325. The highest BCUT2D eigenvalue weighted by molar-refractivity contribution is 5.77. The highest BCUT2D eigenvalue weighted by atomic mass is 16.5. The van der Waals surface area contributed by atoms with Gasteiger partial charge in [-0.15, -0.1) is 0 Å². The second-order valence-corrected chi connectivity index (χ2v) is 3.78. The van der Waals surface area contributed by atoms with Crippen LogP contribution in [0.4, 0.5) is 0 Å². The maximum atomic E-state index is 5.72. The van der Waals surface area contributed by atoms with E-state index < -0.39 is 0 Å². The van der Waals surface area contributed by atoms with Crippen LogP contribution in [0.15, 0.2) is 35.3 Å². The number of methoxy groups -OCH3 is 1. The molecule has 0 spiro atoms. The predicted molar refractivity (Wildman–Crippen MR) is 71.1 cm³/mol. The lowest BCUT2D eigenvalue weighted by Gasteiger charge is -2.05. The van der Waals surface area contributed by atoms with Gasteiger partial charge in [-0.2, -0.15) is 0 Å². The Hall–Kier alpha value is -1.55. The largest absolute Gasteiger partial charge is 0.385 e. The average Bonchev–Trinajstić information content (AvgIpc) is 2.36. The van der Waals surface area contributed by atoms with Gasteiger partial charge in [0.25, 0.3) is 0 Å². The summed E-state index contributed by atoms with van der Waals surface area (Å²) in [7, 11) is 1.69. The van der Waals surface area contributed by atoms with E-state index in [1.807, 2.05) is 18.2 Å². The number of aliphatic imine (C=N–C) groups is 1. The van der Waals surface area contributed by atoms with E-state index in [0.29, 0.717) is 12.5 Å². The van der Waals surface area contributed by atoms with Crippen LogP contribution in [0.1, 0.15) is 12.0 Å². The second-order valence-electron chi connectivity index (χ2n) is 3.78. The summed E-state index contributed by atoms with van der Waals surface area (Å²) in [5.41, 5.74) is 7.02. The zero-order valence-electron chi connectivity index (χ0n) is 10.4. The number of guanidine groups is 1. The molecule has 4 nitrogen and oxygen atoms in total. The van der Waals surface area contributed by atoms with Crippen molar-refractivity contribution in [1.82, 2.24) is 5.32 Å². The van der Waals surface area contributed by atoms with Crippen molar-refractivity contribution >= 4 is 5.96 Å². The third kappa shape index (κ3) is 6.58. The van der Waals surface area contributed by atoms with Crippen LogP contribution in [0.2, 0.25) is 0 Å². The quantitative estimate of drug-likeness (QED) is 0.424. The van der Waals surface area contributed by atoms with Gasteiger partial charge in [0.2, 0.25) is 0 Å². The Balaban J connectivity index is 2.13. The number of ether oxygens (including phenoxy) is 1. The number of benzene rings is 1. The van der Waals surface area contributed by atoms with Crippen molar-refractivity contribution < 1.29 is 4.74 Å². The van der Waals surface area contributed by atoms with Crippen molar-refractivity contribution in [1.29, 1.82) is 0 Å². The summed E-state index contributed by atoms with van der Waals surface area (Å²) in [6.07, 6.45) is 1.85. The van der Waals surface area contributed by atoms with E-state index in [0.717, 1.165) is 26.0 Å². The molecule has 0 unspecified atom stereocenters. The van der Waals surface area contributed by atoms with Gasteiger partial charge in [-0.3, -0.25) is 4.99 Å². The van der Waals surface area contributed by atoms with Gasteiger partial charge in [-0.25, -0.2) is 0 Å². The SMILES string of the molecule is COCCCN=C(N)NCCc1ccccc1. The Morgan fingerprint density at radius 1 is 1.35 bits per heavy atom. The number of nitrogens with zero attached hydrogens (tertiary/aromatic N) is 1. The van der Waals surface area contributed by atoms with Crippen molar-refractivity contribution in [3.63, 3.8) is 0 Å². The number of hydrogen-bond donors (Lipinski definition) is 2. The molecule has 0 saturated heterocycles. The molecular formula is C13H21N3O. The molecule has 0 fully saturated rings. The first-order valence-electron chi connectivity index (χ1n) is 5.89. The van der Waals surface area contributed by atoms with E-state index in [1.54, 1.807) is 7.11 Å². The minimum Gasteiger partial charge on any atom is -0.385 e. The molecule has 0 aliphatic carbocycles. The molecule has 0 heterocycles. The standard InChI is InChI=1S/C13H21N3O/c1-17-11-5-9-15-13(14)16-10-8-12-6-3-2-4-7-12/h2-4,6-7H,5,8-11H2,1H3,(H3,14,15,16). The minimum absolute atomic E-state index is 0.511. The Morgan fingerprint density at radius 3 is 2.82 bits per heavy atom. The van der Waals surface area contributed by atoms with Crippen LogP contribution in [-0.2, 0) is 11.2 Å². The smallest absolute Gasteiger partial charge is 0.188 e. The van der Waals surface area contributed by atoms with E-state index in [9.17, 15) is 0 Å². The molecule has 0 bridgehead atoms. The fraction of sp³-hybridized carbons (Fsp3) is 0.462. The summed E-state index contributed by atoms with van der Waals surface area (Å²) in [6.45, 7) is 2.24. The normalized spacial score (nSPS) is 11.5. The van der Waals surface area contributed by atoms with E-state index in [1.165, 1.54) is 5.56 Å². The van der Waals surface area contributed by atoms with E-state index >= 15 is 0 Å². The van der Waals surface area contributed by atoms with Crippen LogP contribution in [0.5, 0.6) is 0 Å². The highest BCUT2D eigenvalue weighted by Gasteiger charge is 1.93. The van der Waals surface area contributed by atoms with Gasteiger partial charge in [-0.05, 0) is 18.4 Å². The van der Waals surface area contributed by atoms with Gasteiger partial charge < -0.3 is 15.8 Å². The van der Waals surface area contributed by atoms with Crippen molar-refractivity contribution in [2.75, 3.05) is 26.8 Å². The van der Waals surface area contributed by atoms with Crippen LogP contribution in [0.25, 0.3) is 0 Å². The molecule has 0 aliphatic heterocycles. The first-order valence-corrected chi connectivity index (χ1v) is 5.89. The van der Waals surface area contributed by atoms with Gasteiger partial charge in [0.1, 0.15) is 0 Å². The number of hydrogen-bond acceptors (Lipinski definition) is 2. The maximum Gasteiger partial charge on any atom is 0.188 e. The van der Waals surface area contributed by atoms with Crippen molar-refractivity contribution in [3.05, 3.63) is 35.9 Å². The van der Waals surface area contributed by atoms with Gasteiger partial charge in [-0.1, -0.05) is 30.3 Å². The molecule has 0 atom stereocenters. The zero-order valence-corrected chi connectivity index (χ0v) is 10.4. The minimum atomic E-state index is 0.511. The molecule has 0 amide bonds. The summed E-state index contributed by atoms with van der Waals surface area (Å²) < 4.78 is 4.93. The lowest BCUT2D eigenvalue weighted by molar-refractivity contribution is 0.197. The summed E-state index contributed by atoms with van der Waals surface area (Å²) in [4.78, 5) is 4.20. The van der Waals surface area contributed by atoms with Crippen LogP contribution in [-0.4, -0.2) is 32.8 Å². The summed E-state index contributed by atoms with van der Waals surface area (Å²) >= 11 is 0. The van der Waals surface area contributed by atoms with Gasteiger partial charge >= 0.3 is 0 Å². The topological polar surface area (TPSA) is 59.6 Å². The molecule has 1 aromatic carbocycles. The monoisotopic (exact) mass is 235 g/mol. The van der Waals surface area contributed by atoms with Crippen molar-refractivity contribution in [3.8, 4) is 0 Å². The van der Waals surface area contributed by atoms with Gasteiger partial charge in [0.05, 0.1) is 0 Å². The Morgan fingerprint density at radius 2 is 2.12 bits per heavy atom. The number of nitrogens with one attached hydrogen (secondary N) is 1. The Labute approximate surface area is 103 Å². The summed E-state index contributed by atoms with van der Waals surface area (Å²) in [5, 5.41) is 3.09. The highest BCUT2D eigenvalue weighted by Crippen LogP contribution is 1.97. The first-order chi connectivity index (χ1) is 8.33. The van der Waals surface area contributed by atoms with Crippen molar-refractivity contribution in [2.24, 2.45) is 10.7 Å².